The number of aromatic nitrogens is 3. The maximum Gasteiger partial charge on any atom is 0.259 e. The van der Waals surface area contributed by atoms with Gasteiger partial charge in [-0.1, -0.05) is 0 Å². The summed E-state index contributed by atoms with van der Waals surface area (Å²) in [7, 11) is 0. The van der Waals surface area contributed by atoms with Crippen molar-refractivity contribution in [1.29, 1.82) is 0 Å². The summed E-state index contributed by atoms with van der Waals surface area (Å²) >= 11 is 1.74. The lowest BCUT2D eigenvalue weighted by Gasteiger charge is -2.04. The van der Waals surface area contributed by atoms with E-state index in [1.54, 1.807) is 28.0 Å². The summed E-state index contributed by atoms with van der Waals surface area (Å²) in [5.74, 6) is 0.700. The van der Waals surface area contributed by atoms with Crippen molar-refractivity contribution < 1.29 is 0 Å². The summed E-state index contributed by atoms with van der Waals surface area (Å²) < 4.78 is 3.58. The van der Waals surface area contributed by atoms with Gasteiger partial charge in [-0.2, -0.15) is 0 Å². The van der Waals surface area contributed by atoms with Crippen molar-refractivity contribution in [1.82, 2.24) is 14.0 Å². The number of rotatable bonds is 2. The molecule has 0 atom stereocenters. The molecular weight excluding hydrogens is 246 g/mol. The van der Waals surface area contributed by atoms with Gasteiger partial charge in [0.15, 0.2) is 0 Å². The fourth-order valence-electron chi connectivity index (χ4n) is 2.03. The Bertz CT molecular complexity index is 766. The van der Waals surface area contributed by atoms with E-state index in [1.165, 1.54) is 10.4 Å². The largest absolute Gasteiger partial charge is 0.312 e. The summed E-state index contributed by atoms with van der Waals surface area (Å²) in [6.45, 7) is 4.70. The van der Waals surface area contributed by atoms with Crippen LogP contribution in [0.4, 0.5) is 0 Å². The van der Waals surface area contributed by atoms with Crippen molar-refractivity contribution in [2.45, 2.75) is 20.4 Å². The predicted molar refractivity (Wildman–Crippen MR) is 72.3 cm³/mol. The first kappa shape index (κ1) is 11.2. The zero-order valence-electron chi connectivity index (χ0n) is 10.3. The highest BCUT2D eigenvalue weighted by Crippen LogP contribution is 2.17. The third-order valence-corrected chi connectivity index (χ3v) is 3.91. The van der Waals surface area contributed by atoms with E-state index in [4.69, 9.17) is 0 Å². The molecule has 5 heteroatoms. The summed E-state index contributed by atoms with van der Waals surface area (Å²) in [5, 5.41) is 2.08. The van der Waals surface area contributed by atoms with E-state index in [9.17, 15) is 4.79 Å². The van der Waals surface area contributed by atoms with Gasteiger partial charge in [0.05, 0.1) is 6.54 Å². The fourth-order valence-corrected chi connectivity index (χ4v) is 2.75. The molecular formula is C13H13N3OS. The van der Waals surface area contributed by atoms with Crippen LogP contribution in [0.15, 0.2) is 34.7 Å². The Hall–Kier alpha value is -1.88. The average Bonchev–Trinajstić information content (AvgIpc) is 2.88. The number of aryl methyl sites for hydroxylation is 2. The monoisotopic (exact) mass is 259 g/mol. The van der Waals surface area contributed by atoms with Crippen LogP contribution in [-0.2, 0) is 6.54 Å². The van der Waals surface area contributed by atoms with Crippen LogP contribution < -0.4 is 5.56 Å². The molecule has 0 saturated carbocycles. The molecule has 0 radical (unpaired) electrons. The Morgan fingerprint density at radius 1 is 1.33 bits per heavy atom. The Morgan fingerprint density at radius 2 is 2.17 bits per heavy atom. The minimum absolute atomic E-state index is 0.0294. The normalized spacial score (nSPS) is 11.2. The molecule has 4 nitrogen and oxygen atoms in total. The molecule has 18 heavy (non-hydrogen) atoms. The van der Waals surface area contributed by atoms with Crippen molar-refractivity contribution in [3.63, 3.8) is 0 Å². The lowest BCUT2D eigenvalue weighted by Crippen LogP contribution is -2.14. The van der Waals surface area contributed by atoms with Gasteiger partial charge in [0, 0.05) is 29.0 Å². The predicted octanol–water partition coefficient (Wildman–Crippen LogP) is 2.22. The van der Waals surface area contributed by atoms with E-state index in [0.29, 0.717) is 5.78 Å². The number of hydrogen-bond acceptors (Lipinski definition) is 3. The molecule has 0 aliphatic heterocycles. The lowest BCUT2D eigenvalue weighted by atomic mass is 10.3. The van der Waals surface area contributed by atoms with Crippen LogP contribution >= 0.6 is 11.3 Å². The van der Waals surface area contributed by atoms with Crippen LogP contribution in [0.3, 0.4) is 0 Å². The Labute approximate surface area is 108 Å². The van der Waals surface area contributed by atoms with Crippen LogP contribution in [0, 0.1) is 13.8 Å². The molecule has 0 aromatic carbocycles. The Morgan fingerprint density at radius 3 is 2.89 bits per heavy atom. The van der Waals surface area contributed by atoms with Crippen LogP contribution in [0.2, 0.25) is 0 Å². The molecule has 3 aromatic rings. The molecule has 0 aliphatic rings. The van der Waals surface area contributed by atoms with Gasteiger partial charge in [-0.25, -0.2) is 4.98 Å². The minimum atomic E-state index is -0.0294. The van der Waals surface area contributed by atoms with Gasteiger partial charge in [0.25, 0.3) is 5.56 Å². The molecule has 0 bridgehead atoms. The van der Waals surface area contributed by atoms with Gasteiger partial charge in [-0.3, -0.25) is 9.20 Å². The van der Waals surface area contributed by atoms with Crippen molar-refractivity contribution >= 4 is 17.1 Å². The molecule has 3 rings (SSSR count). The van der Waals surface area contributed by atoms with E-state index >= 15 is 0 Å². The third kappa shape index (κ3) is 1.76. The zero-order valence-corrected chi connectivity index (χ0v) is 11.1. The van der Waals surface area contributed by atoms with Crippen molar-refractivity contribution in [2.24, 2.45) is 0 Å². The first-order chi connectivity index (χ1) is 8.65. The first-order valence-corrected chi connectivity index (χ1v) is 6.61. The molecule has 0 amide bonds. The van der Waals surface area contributed by atoms with Crippen molar-refractivity contribution in [3.05, 3.63) is 56.4 Å². The maximum absolute atomic E-state index is 11.8. The molecule has 0 aliphatic carbocycles. The number of hydrogen-bond donors (Lipinski definition) is 0. The number of thiophene rings is 1. The molecule has 3 aromatic heterocycles. The lowest BCUT2D eigenvalue weighted by molar-refractivity contribution is 0.805. The second kappa shape index (κ2) is 4.10. The van der Waals surface area contributed by atoms with Crippen molar-refractivity contribution in [3.8, 4) is 0 Å². The van der Waals surface area contributed by atoms with Gasteiger partial charge < -0.3 is 4.57 Å². The van der Waals surface area contributed by atoms with E-state index in [2.05, 4.69) is 23.4 Å². The second-order valence-electron chi connectivity index (χ2n) is 4.33. The van der Waals surface area contributed by atoms with Crippen LogP contribution in [0.25, 0.3) is 5.78 Å². The fraction of sp³-hybridized carbons (Fsp3) is 0.231. The van der Waals surface area contributed by atoms with Crippen LogP contribution in [0.5, 0.6) is 0 Å². The molecule has 92 valence electrons. The summed E-state index contributed by atoms with van der Waals surface area (Å²) in [6.07, 6.45) is 3.67. The standard InChI is InChI=1S/C13H13N3OS/c1-9-7-12(17)16-5-4-15(13(16)14-9)8-11-3-6-18-10(11)2/h3-7H,8H2,1-2H3. The highest BCUT2D eigenvalue weighted by Gasteiger charge is 2.07. The molecule has 0 unspecified atom stereocenters. The SMILES string of the molecule is Cc1cc(=O)n2ccn(Cc3ccsc3C)c2n1. The first-order valence-electron chi connectivity index (χ1n) is 5.73. The Kier molecular flexibility index (Phi) is 2.56. The van der Waals surface area contributed by atoms with Crippen LogP contribution in [-0.4, -0.2) is 14.0 Å². The van der Waals surface area contributed by atoms with Crippen LogP contribution in [0.1, 0.15) is 16.1 Å². The smallest absolute Gasteiger partial charge is 0.259 e. The molecule has 3 heterocycles. The minimum Gasteiger partial charge on any atom is -0.312 e. The van der Waals surface area contributed by atoms with Gasteiger partial charge >= 0.3 is 0 Å². The number of nitrogens with zero attached hydrogens (tertiary/aromatic N) is 3. The summed E-state index contributed by atoms with van der Waals surface area (Å²) in [5.41, 5.74) is 1.99. The number of fused-ring (bicyclic) bond motifs is 1. The van der Waals surface area contributed by atoms with E-state index in [1.807, 2.05) is 17.7 Å². The van der Waals surface area contributed by atoms with Gasteiger partial charge in [-0.15, -0.1) is 11.3 Å². The zero-order chi connectivity index (χ0) is 12.7. The van der Waals surface area contributed by atoms with Gasteiger partial charge in [0.2, 0.25) is 5.78 Å². The second-order valence-corrected chi connectivity index (χ2v) is 5.45. The summed E-state index contributed by atoms with van der Waals surface area (Å²) in [6, 6.07) is 3.66. The van der Waals surface area contributed by atoms with Gasteiger partial charge in [0.1, 0.15) is 0 Å². The van der Waals surface area contributed by atoms with E-state index in [0.717, 1.165) is 12.2 Å². The van der Waals surface area contributed by atoms with Crippen molar-refractivity contribution in [2.75, 3.05) is 0 Å². The highest BCUT2D eigenvalue weighted by molar-refractivity contribution is 7.10. The molecule has 0 spiro atoms. The van der Waals surface area contributed by atoms with E-state index < -0.39 is 0 Å². The Balaban J connectivity index is 2.13. The molecule has 0 saturated heterocycles. The quantitative estimate of drug-likeness (QED) is 0.708. The topological polar surface area (TPSA) is 39.3 Å². The van der Waals surface area contributed by atoms with Gasteiger partial charge in [-0.05, 0) is 30.9 Å². The highest BCUT2D eigenvalue weighted by atomic mass is 32.1. The maximum atomic E-state index is 11.8. The summed E-state index contributed by atoms with van der Waals surface area (Å²) in [4.78, 5) is 17.5. The molecule has 0 fully saturated rings. The third-order valence-electron chi connectivity index (χ3n) is 3.02. The van der Waals surface area contributed by atoms with E-state index in [-0.39, 0.29) is 5.56 Å². The number of imidazole rings is 1. The molecule has 0 N–H and O–H groups in total. The average molecular weight is 259 g/mol.